The van der Waals surface area contributed by atoms with Gasteiger partial charge in [-0.15, -0.1) is 0 Å². The molecule has 122 valence electrons. The first kappa shape index (κ1) is 17.6. The van der Waals surface area contributed by atoms with Crippen molar-refractivity contribution in [2.24, 2.45) is 0 Å². The van der Waals surface area contributed by atoms with Gasteiger partial charge in [0, 0.05) is 22.7 Å². The molecule has 0 aliphatic carbocycles. The van der Waals surface area contributed by atoms with Crippen molar-refractivity contribution in [1.29, 1.82) is 0 Å². The van der Waals surface area contributed by atoms with Gasteiger partial charge >= 0.3 is 0 Å². The minimum atomic E-state index is -3.88. The van der Waals surface area contributed by atoms with E-state index in [4.69, 9.17) is 23.2 Å². The molecule has 1 amide bonds. The van der Waals surface area contributed by atoms with Crippen molar-refractivity contribution in [2.45, 2.75) is 11.8 Å². The average molecular weight is 373 g/mol. The second-order valence-electron chi connectivity index (χ2n) is 4.77. The summed E-state index contributed by atoms with van der Waals surface area (Å²) in [6.45, 7) is 1.66. The summed E-state index contributed by atoms with van der Waals surface area (Å²) in [4.78, 5) is 11.7. The Morgan fingerprint density at radius 2 is 1.70 bits per heavy atom. The monoisotopic (exact) mass is 372 g/mol. The van der Waals surface area contributed by atoms with Crippen LogP contribution in [0.3, 0.4) is 0 Å². The Bertz CT molecular complexity index is 847. The Morgan fingerprint density at radius 3 is 2.26 bits per heavy atom. The highest BCUT2D eigenvalue weighted by Gasteiger charge is 2.18. The van der Waals surface area contributed by atoms with E-state index in [1.54, 1.807) is 25.1 Å². The first-order valence-electron chi connectivity index (χ1n) is 6.55. The van der Waals surface area contributed by atoms with Gasteiger partial charge in [-0.3, -0.25) is 9.52 Å². The first-order valence-corrected chi connectivity index (χ1v) is 8.79. The van der Waals surface area contributed by atoms with E-state index in [1.165, 1.54) is 25.2 Å². The van der Waals surface area contributed by atoms with Crippen molar-refractivity contribution in [3.8, 4) is 0 Å². The smallest absolute Gasteiger partial charge is 0.262 e. The number of halogens is 2. The quantitative estimate of drug-likeness (QED) is 0.862. The van der Waals surface area contributed by atoms with Crippen LogP contribution in [0.5, 0.6) is 0 Å². The van der Waals surface area contributed by atoms with Crippen LogP contribution in [0.15, 0.2) is 41.3 Å². The van der Waals surface area contributed by atoms with Crippen LogP contribution in [0.4, 0.5) is 5.69 Å². The fourth-order valence-electron chi connectivity index (χ4n) is 2.01. The van der Waals surface area contributed by atoms with Crippen LogP contribution in [0, 0.1) is 6.92 Å². The molecule has 0 atom stereocenters. The topological polar surface area (TPSA) is 75.3 Å². The molecule has 5 nitrogen and oxygen atoms in total. The number of amides is 1. The van der Waals surface area contributed by atoms with Crippen LogP contribution in [-0.4, -0.2) is 21.4 Å². The van der Waals surface area contributed by atoms with Gasteiger partial charge in [0.15, 0.2) is 0 Å². The van der Waals surface area contributed by atoms with Gasteiger partial charge in [0.2, 0.25) is 0 Å². The van der Waals surface area contributed by atoms with E-state index >= 15 is 0 Å². The molecule has 23 heavy (non-hydrogen) atoms. The lowest BCUT2D eigenvalue weighted by molar-refractivity contribution is 0.0962. The van der Waals surface area contributed by atoms with Crippen molar-refractivity contribution >= 4 is 44.8 Å². The Labute approximate surface area is 144 Å². The number of carbonyl (C=O) groups excluding carboxylic acids is 1. The summed E-state index contributed by atoms with van der Waals surface area (Å²) in [5.41, 5.74) is 1.21. The third kappa shape index (κ3) is 3.96. The van der Waals surface area contributed by atoms with Crippen LogP contribution in [0.25, 0.3) is 0 Å². The van der Waals surface area contributed by atoms with Crippen LogP contribution in [-0.2, 0) is 10.0 Å². The van der Waals surface area contributed by atoms with Gasteiger partial charge in [0.1, 0.15) is 0 Å². The molecule has 0 unspecified atom stereocenters. The zero-order chi connectivity index (χ0) is 17.2. The number of rotatable bonds is 4. The molecule has 0 aliphatic heterocycles. The van der Waals surface area contributed by atoms with E-state index in [0.29, 0.717) is 16.8 Å². The van der Waals surface area contributed by atoms with Gasteiger partial charge in [-0.25, -0.2) is 8.42 Å². The van der Waals surface area contributed by atoms with E-state index < -0.39 is 10.0 Å². The van der Waals surface area contributed by atoms with Crippen LogP contribution in [0.2, 0.25) is 10.0 Å². The molecule has 0 fully saturated rings. The Kier molecular flexibility index (Phi) is 5.19. The summed E-state index contributed by atoms with van der Waals surface area (Å²) in [6.07, 6.45) is 0. The lowest BCUT2D eigenvalue weighted by Crippen LogP contribution is -2.20. The number of carbonyl (C=O) groups is 1. The molecule has 0 bridgehead atoms. The molecule has 2 N–H and O–H groups in total. The SMILES string of the molecule is CNC(=O)c1cccc(NS(=O)(=O)c2cc(Cl)cc(Cl)c2)c1C. The molecule has 0 saturated carbocycles. The largest absolute Gasteiger partial charge is 0.355 e. The Morgan fingerprint density at radius 1 is 1.09 bits per heavy atom. The molecule has 0 radical (unpaired) electrons. The van der Waals surface area contributed by atoms with Gasteiger partial charge in [-0.1, -0.05) is 29.3 Å². The maximum Gasteiger partial charge on any atom is 0.262 e. The van der Waals surface area contributed by atoms with Crippen molar-refractivity contribution < 1.29 is 13.2 Å². The molecule has 2 aromatic rings. The molecule has 0 aliphatic rings. The maximum atomic E-state index is 12.5. The molecule has 0 heterocycles. The number of hydrogen-bond donors (Lipinski definition) is 2. The number of anilines is 1. The second kappa shape index (κ2) is 6.78. The Hall–Kier alpha value is -1.76. The zero-order valence-electron chi connectivity index (χ0n) is 12.4. The van der Waals surface area contributed by atoms with Gasteiger partial charge in [0.25, 0.3) is 15.9 Å². The predicted molar refractivity (Wildman–Crippen MR) is 91.8 cm³/mol. The molecule has 8 heteroatoms. The summed E-state index contributed by atoms with van der Waals surface area (Å²) in [5, 5.41) is 2.94. The van der Waals surface area contributed by atoms with Gasteiger partial charge < -0.3 is 5.32 Å². The predicted octanol–water partition coefficient (Wildman–Crippen LogP) is 3.46. The lowest BCUT2D eigenvalue weighted by Gasteiger charge is -2.13. The van der Waals surface area contributed by atoms with Crippen molar-refractivity contribution in [3.05, 3.63) is 57.6 Å². The molecule has 0 spiro atoms. The van der Waals surface area contributed by atoms with E-state index in [1.807, 2.05) is 0 Å². The molecular weight excluding hydrogens is 359 g/mol. The van der Waals surface area contributed by atoms with E-state index in [-0.39, 0.29) is 20.8 Å². The average Bonchev–Trinajstić information content (AvgIpc) is 2.47. The minimum Gasteiger partial charge on any atom is -0.355 e. The van der Waals surface area contributed by atoms with Crippen molar-refractivity contribution in [1.82, 2.24) is 5.32 Å². The van der Waals surface area contributed by atoms with Crippen LogP contribution < -0.4 is 10.0 Å². The van der Waals surface area contributed by atoms with Crippen LogP contribution >= 0.6 is 23.2 Å². The molecule has 0 aromatic heterocycles. The number of nitrogens with one attached hydrogen (secondary N) is 2. The van der Waals surface area contributed by atoms with Crippen LogP contribution in [0.1, 0.15) is 15.9 Å². The summed E-state index contributed by atoms with van der Waals surface area (Å²) in [6, 6.07) is 8.83. The second-order valence-corrected chi connectivity index (χ2v) is 7.32. The van der Waals surface area contributed by atoms with Gasteiger partial charge in [-0.05, 0) is 42.8 Å². The highest BCUT2D eigenvalue weighted by molar-refractivity contribution is 7.92. The number of hydrogen-bond acceptors (Lipinski definition) is 3. The third-order valence-electron chi connectivity index (χ3n) is 3.20. The number of sulfonamides is 1. The van der Waals surface area contributed by atoms with E-state index in [0.717, 1.165) is 0 Å². The molecule has 0 saturated heterocycles. The fraction of sp³-hybridized carbons (Fsp3) is 0.133. The lowest BCUT2D eigenvalue weighted by atomic mass is 10.1. The first-order chi connectivity index (χ1) is 10.7. The highest BCUT2D eigenvalue weighted by atomic mass is 35.5. The minimum absolute atomic E-state index is 0.0558. The van der Waals surface area contributed by atoms with Gasteiger partial charge in [0.05, 0.1) is 10.6 Å². The molecule has 2 rings (SSSR count). The standard InChI is InChI=1S/C15H14Cl2N2O3S/c1-9-13(15(20)18-2)4-3-5-14(9)19-23(21,22)12-7-10(16)6-11(17)8-12/h3-8,19H,1-2H3,(H,18,20). The number of benzene rings is 2. The summed E-state index contributed by atoms with van der Waals surface area (Å²) in [5.74, 6) is -0.297. The maximum absolute atomic E-state index is 12.5. The van der Waals surface area contributed by atoms with Crippen molar-refractivity contribution in [3.63, 3.8) is 0 Å². The highest BCUT2D eigenvalue weighted by Crippen LogP contribution is 2.26. The zero-order valence-corrected chi connectivity index (χ0v) is 14.7. The third-order valence-corrected chi connectivity index (χ3v) is 4.98. The summed E-state index contributed by atoms with van der Waals surface area (Å²) < 4.78 is 27.4. The normalized spacial score (nSPS) is 11.1. The molecular formula is C15H14Cl2N2O3S. The van der Waals surface area contributed by atoms with E-state index in [2.05, 4.69) is 10.0 Å². The Balaban J connectivity index is 2.44. The van der Waals surface area contributed by atoms with Gasteiger partial charge in [-0.2, -0.15) is 0 Å². The molecule has 2 aromatic carbocycles. The fourth-order valence-corrected chi connectivity index (χ4v) is 3.86. The van der Waals surface area contributed by atoms with E-state index in [9.17, 15) is 13.2 Å². The van der Waals surface area contributed by atoms with Crippen molar-refractivity contribution in [2.75, 3.05) is 11.8 Å². The summed E-state index contributed by atoms with van der Waals surface area (Å²) >= 11 is 11.7. The summed E-state index contributed by atoms with van der Waals surface area (Å²) in [7, 11) is -2.37.